The van der Waals surface area contributed by atoms with Crippen LogP contribution in [-0.4, -0.2) is 22.4 Å². The van der Waals surface area contributed by atoms with Gasteiger partial charge in [0.15, 0.2) is 0 Å². The molecule has 0 spiro atoms. The van der Waals surface area contributed by atoms with Gasteiger partial charge in [-0.05, 0) is 20.3 Å². The second-order valence-electron chi connectivity index (χ2n) is 3.86. The van der Waals surface area contributed by atoms with Crippen LogP contribution in [0.25, 0.3) is 0 Å². The second-order valence-corrected chi connectivity index (χ2v) is 5.54. The molecule has 0 aromatic rings. The Morgan fingerprint density at radius 1 is 1.77 bits per heavy atom. The molecule has 13 heavy (non-hydrogen) atoms. The van der Waals surface area contributed by atoms with Crippen LogP contribution < -0.4 is 5.32 Å². The normalized spacial score (nSPS) is 24.6. The van der Waals surface area contributed by atoms with E-state index in [-0.39, 0.29) is 10.7 Å². The molecule has 1 aliphatic heterocycles. The molecule has 74 valence electrons. The molecule has 1 unspecified atom stereocenters. The number of hydrogen-bond donors (Lipinski definition) is 1. The second kappa shape index (κ2) is 4.18. The molecule has 0 aromatic carbocycles. The summed E-state index contributed by atoms with van der Waals surface area (Å²) in [6.45, 7) is 7.92. The standard InChI is InChI=1S/C10H17NOS/c1-4-5-6-9(12)11-8-7-13-10(8,2)3/h4,8H,1,5-7H2,2-3H3,(H,11,12). The monoisotopic (exact) mass is 199 g/mol. The fourth-order valence-corrected chi connectivity index (χ4v) is 2.36. The first-order valence-corrected chi connectivity index (χ1v) is 5.59. The Bertz CT molecular complexity index is 213. The molecule has 1 saturated heterocycles. The van der Waals surface area contributed by atoms with E-state index in [0.29, 0.717) is 12.5 Å². The van der Waals surface area contributed by atoms with Crippen molar-refractivity contribution in [1.29, 1.82) is 0 Å². The molecule has 1 aliphatic rings. The summed E-state index contributed by atoms with van der Waals surface area (Å²) in [5, 5.41) is 3.03. The van der Waals surface area contributed by atoms with E-state index in [1.807, 2.05) is 11.8 Å². The molecular weight excluding hydrogens is 182 g/mol. The van der Waals surface area contributed by atoms with Crippen molar-refractivity contribution in [2.75, 3.05) is 5.75 Å². The van der Waals surface area contributed by atoms with Crippen molar-refractivity contribution in [3.63, 3.8) is 0 Å². The summed E-state index contributed by atoms with van der Waals surface area (Å²) < 4.78 is 0.226. The number of hydrogen-bond acceptors (Lipinski definition) is 2. The third kappa shape index (κ3) is 2.76. The molecule has 1 amide bonds. The number of rotatable bonds is 4. The van der Waals surface area contributed by atoms with Crippen LogP contribution in [0.1, 0.15) is 26.7 Å². The van der Waals surface area contributed by atoms with Crippen molar-refractivity contribution in [2.45, 2.75) is 37.5 Å². The van der Waals surface area contributed by atoms with Crippen LogP contribution in [-0.2, 0) is 4.79 Å². The summed E-state index contributed by atoms with van der Waals surface area (Å²) in [6, 6.07) is 0.356. The van der Waals surface area contributed by atoms with Crippen LogP contribution >= 0.6 is 11.8 Å². The van der Waals surface area contributed by atoms with E-state index >= 15 is 0 Å². The van der Waals surface area contributed by atoms with Gasteiger partial charge in [0.1, 0.15) is 0 Å². The smallest absolute Gasteiger partial charge is 0.220 e. The molecule has 0 aromatic heterocycles. The number of thioether (sulfide) groups is 1. The van der Waals surface area contributed by atoms with Crippen molar-refractivity contribution >= 4 is 17.7 Å². The van der Waals surface area contributed by atoms with Crippen LogP contribution in [0.3, 0.4) is 0 Å². The molecule has 0 saturated carbocycles. The number of allylic oxidation sites excluding steroid dienone is 1. The van der Waals surface area contributed by atoms with Gasteiger partial charge in [0, 0.05) is 16.9 Å². The Kier molecular flexibility index (Phi) is 3.42. The lowest BCUT2D eigenvalue weighted by Crippen LogP contribution is -2.56. The molecule has 1 rings (SSSR count). The lowest BCUT2D eigenvalue weighted by molar-refractivity contribution is -0.121. The average molecular weight is 199 g/mol. The number of nitrogens with one attached hydrogen (secondary N) is 1. The van der Waals surface area contributed by atoms with Gasteiger partial charge in [-0.3, -0.25) is 4.79 Å². The minimum Gasteiger partial charge on any atom is -0.351 e. The lowest BCUT2D eigenvalue weighted by Gasteiger charge is -2.43. The molecule has 0 bridgehead atoms. The first kappa shape index (κ1) is 10.6. The Morgan fingerprint density at radius 2 is 2.46 bits per heavy atom. The zero-order valence-corrected chi connectivity index (χ0v) is 9.12. The van der Waals surface area contributed by atoms with E-state index in [4.69, 9.17) is 0 Å². The predicted octanol–water partition coefficient (Wildman–Crippen LogP) is 1.96. The quantitative estimate of drug-likeness (QED) is 0.701. The van der Waals surface area contributed by atoms with E-state index in [9.17, 15) is 4.79 Å². The Hall–Kier alpha value is -0.440. The molecule has 1 N–H and O–H groups in total. The molecule has 0 aliphatic carbocycles. The molecule has 2 nitrogen and oxygen atoms in total. The molecular formula is C10H17NOS. The summed E-state index contributed by atoms with van der Waals surface area (Å²) in [5.74, 6) is 1.20. The molecule has 1 heterocycles. The van der Waals surface area contributed by atoms with Gasteiger partial charge in [-0.2, -0.15) is 11.8 Å². The summed E-state index contributed by atoms with van der Waals surface area (Å²) in [4.78, 5) is 11.3. The Morgan fingerprint density at radius 3 is 2.85 bits per heavy atom. The van der Waals surface area contributed by atoms with Crippen molar-refractivity contribution < 1.29 is 4.79 Å². The van der Waals surface area contributed by atoms with Crippen LogP contribution in [0.4, 0.5) is 0 Å². The zero-order chi connectivity index (χ0) is 9.90. The van der Waals surface area contributed by atoms with Gasteiger partial charge in [0.05, 0.1) is 6.04 Å². The Balaban J connectivity index is 2.25. The number of amides is 1. The largest absolute Gasteiger partial charge is 0.351 e. The first-order valence-electron chi connectivity index (χ1n) is 4.60. The van der Waals surface area contributed by atoms with Gasteiger partial charge in [-0.1, -0.05) is 6.08 Å². The van der Waals surface area contributed by atoms with Crippen molar-refractivity contribution in [2.24, 2.45) is 0 Å². The SMILES string of the molecule is C=CCCC(=O)NC1CSC1(C)C. The van der Waals surface area contributed by atoms with Crippen LogP contribution in [0, 0.1) is 0 Å². The fourth-order valence-electron chi connectivity index (χ4n) is 1.22. The van der Waals surface area contributed by atoms with Gasteiger partial charge in [0.25, 0.3) is 0 Å². The van der Waals surface area contributed by atoms with Crippen LogP contribution in [0.15, 0.2) is 12.7 Å². The topological polar surface area (TPSA) is 29.1 Å². The maximum absolute atomic E-state index is 11.3. The molecule has 1 fully saturated rings. The van der Waals surface area contributed by atoms with E-state index in [2.05, 4.69) is 25.7 Å². The maximum Gasteiger partial charge on any atom is 0.220 e. The van der Waals surface area contributed by atoms with Gasteiger partial charge < -0.3 is 5.32 Å². The summed E-state index contributed by atoms with van der Waals surface area (Å²) in [6.07, 6.45) is 3.12. The van der Waals surface area contributed by atoms with Crippen LogP contribution in [0.5, 0.6) is 0 Å². The molecule has 1 atom stereocenters. The highest BCUT2D eigenvalue weighted by molar-refractivity contribution is 8.02. The van der Waals surface area contributed by atoms with E-state index in [0.717, 1.165) is 12.2 Å². The van der Waals surface area contributed by atoms with E-state index < -0.39 is 0 Å². The molecule has 0 radical (unpaired) electrons. The van der Waals surface area contributed by atoms with Crippen molar-refractivity contribution in [3.8, 4) is 0 Å². The maximum atomic E-state index is 11.3. The number of carbonyl (C=O) groups is 1. The summed E-state index contributed by atoms with van der Waals surface area (Å²) in [5.41, 5.74) is 0. The summed E-state index contributed by atoms with van der Waals surface area (Å²) in [7, 11) is 0. The van der Waals surface area contributed by atoms with Gasteiger partial charge in [-0.15, -0.1) is 6.58 Å². The highest BCUT2D eigenvalue weighted by Crippen LogP contribution is 2.39. The third-order valence-corrected chi connectivity index (χ3v) is 3.90. The first-order chi connectivity index (χ1) is 6.06. The lowest BCUT2D eigenvalue weighted by atomic mass is 10.0. The minimum absolute atomic E-state index is 0.151. The highest BCUT2D eigenvalue weighted by atomic mass is 32.2. The van der Waals surface area contributed by atoms with E-state index in [1.54, 1.807) is 6.08 Å². The van der Waals surface area contributed by atoms with Crippen LogP contribution in [0.2, 0.25) is 0 Å². The van der Waals surface area contributed by atoms with Gasteiger partial charge in [-0.25, -0.2) is 0 Å². The van der Waals surface area contributed by atoms with Crippen molar-refractivity contribution in [1.82, 2.24) is 5.32 Å². The number of carbonyl (C=O) groups excluding carboxylic acids is 1. The third-order valence-electron chi connectivity index (χ3n) is 2.37. The predicted molar refractivity (Wildman–Crippen MR) is 57.9 cm³/mol. The highest BCUT2D eigenvalue weighted by Gasteiger charge is 2.40. The van der Waals surface area contributed by atoms with Crippen molar-refractivity contribution in [3.05, 3.63) is 12.7 Å². The molecule has 3 heteroatoms. The minimum atomic E-state index is 0.151. The fraction of sp³-hybridized carbons (Fsp3) is 0.700. The van der Waals surface area contributed by atoms with E-state index in [1.165, 1.54) is 0 Å². The van der Waals surface area contributed by atoms with Gasteiger partial charge >= 0.3 is 0 Å². The zero-order valence-electron chi connectivity index (χ0n) is 8.30. The Labute approximate surface area is 84.2 Å². The van der Waals surface area contributed by atoms with Gasteiger partial charge in [0.2, 0.25) is 5.91 Å². The average Bonchev–Trinajstić information content (AvgIpc) is 2.09. The summed E-state index contributed by atoms with van der Waals surface area (Å²) >= 11 is 1.90.